The molecule has 0 aliphatic carbocycles. The van der Waals surface area contributed by atoms with Gasteiger partial charge in [0.15, 0.2) is 0 Å². The van der Waals surface area contributed by atoms with Crippen molar-refractivity contribution >= 4 is 11.9 Å². The maximum absolute atomic E-state index is 9.60. The summed E-state index contributed by atoms with van der Waals surface area (Å²) in [4.78, 5) is 19.2. The first-order chi connectivity index (χ1) is 14.6. The number of carboxylic acids is 2. The van der Waals surface area contributed by atoms with Crippen LogP contribution in [0.2, 0.25) is 0 Å². The van der Waals surface area contributed by atoms with E-state index in [4.69, 9.17) is 20.4 Å². The molecule has 0 atom stereocenters. The molecule has 0 aromatic heterocycles. The van der Waals surface area contributed by atoms with Crippen LogP contribution >= 0.6 is 0 Å². The van der Waals surface area contributed by atoms with Gasteiger partial charge in [-0.25, -0.2) is 9.59 Å². The summed E-state index contributed by atoms with van der Waals surface area (Å²) in [7, 11) is 0. The van der Waals surface area contributed by atoms with Crippen molar-refractivity contribution in [2.45, 2.75) is 111 Å². The van der Waals surface area contributed by atoms with Gasteiger partial charge in [0.2, 0.25) is 0 Å². The van der Waals surface area contributed by atoms with Gasteiger partial charge in [0, 0.05) is 11.1 Å². The molecule has 0 spiro atoms. The number of hydrogen-bond acceptors (Lipinski definition) is 4. The SMILES string of the molecule is C=C(C)C(=O)O.C=C(C)C(=O)O.CCCCCCCCCCCCCCC.OCCO. The van der Waals surface area contributed by atoms with Crippen LogP contribution in [0.3, 0.4) is 0 Å². The maximum atomic E-state index is 9.60. The molecule has 0 aliphatic rings. The van der Waals surface area contributed by atoms with Crippen LogP contribution in [0, 0.1) is 0 Å². The summed E-state index contributed by atoms with van der Waals surface area (Å²) in [5.74, 6) is -1.87. The van der Waals surface area contributed by atoms with E-state index in [-0.39, 0.29) is 24.4 Å². The second-order valence-electron chi connectivity index (χ2n) is 7.51. The lowest BCUT2D eigenvalue weighted by atomic mass is 10.1. The zero-order valence-electron chi connectivity index (χ0n) is 20.6. The highest BCUT2D eigenvalue weighted by molar-refractivity contribution is 5.85. The zero-order valence-corrected chi connectivity index (χ0v) is 20.6. The third-order valence-electron chi connectivity index (χ3n) is 4.04. The van der Waals surface area contributed by atoms with Crippen LogP contribution in [-0.2, 0) is 9.59 Å². The molecule has 0 unspecified atom stereocenters. The molecular formula is C25H50O6. The number of rotatable bonds is 15. The molecule has 0 saturated heterocycles. The highest BCUT2D eigenvalue weighted by atomic mass is 16.4. The third-order valence-corrected chi connectivity index (χ3v) is 4.04. The van der Waals surface area contributed by atoms with E-state index >= 15 is 0 Å². The molecule has 0 aromatic carbocycles. The average molecular weight is 447 g/mol. The summed E-state index contributed by atoms with van der Waals surface area (Å²) in [6.45, 7) is 13.5. The van der Waals surface area contributed by atoms with Crippen molar-refractivity contribution in [3.8, 4) is 0 Å². The molecule has 0 fully saturated rings. The third kappa shape index (κ3) is 52.6. The van der Waals surface area contributed by atoms with Gasteiger partial charge in [-0.05, 0) is 13.8 Å². The minimum Gasteiger partial charge on any atom is -0.478 e. The fourth-order valence-electron chi connectivity index (χ4n) is 2.09. The Morgan fingerprint density at radius 2 is 0.710 bits per heavy atom. The van der Waals surface area contributed by atoms with Crippen LogP contribution in [0.4, 0.5) is 0 Å². The first-order valence-corrected chi connectivity index (χ1v) is 11.6. The smallest absolute Gasteiger partial charge is 0.330 e. The molecule has 0 saturated carbocycles. The van der Waals surface area contributed by atoms with Crippen LogP contribution in [0.15, 0.2) is 24.3 Å². The molecule has 0 rings (SSSR count). The first-order valence-electron chi connectivity index (χ1n) is 11.6. The van der Waals surface area contributed by atoms with Crippen LogP contribution < -0.4 is 0 Å². The molecule has 0 bridgehead atoms. The van der Waals surface area contributed by atoms with Gasteiger partial charge in [0.05, 0.1) is 13.2 Å². The molecule has 0 radical (unpaired) electrons. The monoisotopic (exact) mass is 446 g/mol. The Hall–Kier alpha value is -1.66. The van der Waals surface area contributed by atoms with Crippen molar-refractivity contribution in [1.29, 1.82) is 0 Å². The molecule has 6 heteroatoms. The fraction of sp³-hybridized carbons (Fsp3) is 0.760. The van der Waals surface area contributed by atoms with Crippen molar-refractivity contribution in [2.24, 2.45) is 0 Å². The number of carboxylic acid groups (broad SMARTS) is 2. The quantitative estimate of drug-likeness (QED) is 0.172. The van der Waals surface area contributed by atoms with E-state index < -0.39 is 11.9 Å². The zero-order chi connectivity index (χ0) is 24.9. The van der Waals surface area contributed by atoms with Crippen LogP contribution in [0.25, 0.3) is 0 Å². The molecule has 0 aliphatic heterocycles. The van der Waals surface area contributed by atoms with Crippen molar-refractivity contribution in [1.82, 2.24) is 0 Å². The predicted molar refractivity (Wildman–Crippen MR) is 130 cm³/mol. The summed E-state index contributed by atoms with van der Waals surface area (Å²) in [6.07, 6.45) is 18.9. The van der Waals surface area contributed by atoms with Gasteiger partial charge >= 0.3 is 11.9 Å². The van der Waals surface area contributed by atoms with E-state index in [0.717, 1.165) is 0 Å². The number of aliphatic carboxylic acids is 2. The number of aliphatic hydroxyl groups excluding tert-OH is 2. The first kappa shape index (κ1) is 36.7. The number of unbranched alkanes of at least 4 members (excludes halogenated alkanes) is 12. The molecular weight excluding hydrogens is 396 g/mol. The van der Waals surface area contributed by atoms with E-state index in [1.807, 2.05) is 0 Å². The Labute approximate surface area is 191 Å². The second-order valence-corrected chi connectivity index (χ2v) is 7.51. The summed E-state index contributed by atoms with van der Waals surface area (Å²) in [6, 6.07) is 0. The van der Waals surface area contributed by atoms with E-state index in [9.17, 15) is 9.59 Å². The standard InChI is InChI=1S/C15H32.2C4H6O2.C2H6O2/c1-3-5-7-9-11-13-15-14-12-10-8-6-4-2;2*1-3(2)4(5)6;3-1-2-4/h3-15H2,1-2H3;2*1H2,2H3,(H,5,6);3-4H,1-2H2. The lowest BCUT2D eigenvalue weighted by Gasteiger charge is -2.01. The normalized spacial score (nSPS) is 9.10. The van der Waals surface area contributed by atoms with Crippen LogP contribution in [0.1, 0.15) is 111 Å². The lowest BCUT2D eigenvalue weighted by Crippen LogP contribution is -1.92. The predicted octanol–water partition coefficient (Wildman–Crippen LogP) is 6.36. The second kappa shape index (κ2) is 33.0. The average Bonchev–Trinajstić information content (AvgIpc) is 2.73. The van der Waals surface area contributed by atoms with Gasteiger partial charge in [-0.3, -0.25) is 0 Å². The van der Waals surface area contributed by atoms with Gasteiger partial charge in [0.25, 0.3) is 0 Å². The van der Waals surface area contributed by atoms with E-state index in [2.05, 4.69) is 27.0 Å². The molecule has 186 valence electrons. The summed E-state index contributed by atoms with van der Waals surface area (Å²) < 4.78 is 0. The minimum atomic E-state index is -0.935. The Morgan fingerprint density at radius 3 is 0.806 bits per heavy atom. The van der Waals surface area contributed by atoms with Crippen molar-refractivity contribution in [3.63, 3.8) is 0 Å². The minimum absolute atomic E-state index is 0.125. The Balaban J connectivity index is -0.000000187. The number of aliphatic hydroxyl groups is 2. The number of carbonyl (C=O) groups is 2. The van der Waals surface area contributed by atoms with Crippen LogP contribution in [0.5, 0.6) is 0 Å². The van der Waals surface area contributed by atoms with Gasteiger partial charge in [-0.15, -0.1) is 0 Å². The van der Waals surface area contributed by atoms with Gasteiger partial charge in [0.1, 0.15) is 0 Å². The maximum Gasteiger partial charge on any atom is 0.330 e. The van der Waals surface area contributed by atoms with Crippen molar-refractivity contribution in [3.05, 3.63) is 24.3 Å². The Bertz CT molecular complexity index is 356. The van der Waals surface area contributed by atoms with Gasteiger partial charge in [-0.1, -0.05) is 110 Å². The molecule has 4 N–H and O–H groups in total. The number of hydrogen-bond donors (Lipinski definition) is 4. The topological polar surface area (TPSA) is 115 Å². The fourth-order valence-corrected chi connectivity index (χ4v) is 2.09. The highest BCUT2D eigenvalue weighted by Crippen LogP contribution is 2.12. The summed E-state index contributed by atoms with van der Waals surface area (Å²) in [5, 5.41) is 31.0. The summed E-state index contributed by atoms with van der Waals surface area (Å²) >= 11 is 0. The molecule has 0 aromatic rings. The highest BCUT2D eigenvalue weighted by Gasteiger charge is 1.92. The molecule has 0 amide bonds. The van der Waals surface area contributed by atoms with E-state index in [1.165, 1.54) is 97.3 Å². The van der Waals surface area contributed by atoms with Gasteiger partial charge < -0.3 is 20.4 Å². The molecule has 31 heavy (non-hydrogen) atoms. The van der Waals surface area contributed by atoms with Crippen molar-refractivity contribution in [2.75, 3.05) is 13.2 Å². The molecule has 0 heterocycles. The summed E-state index contributed by atoms with van der Waals surface area (Å²) in [5.41, 5.74) is 0.352. The lowest BCUT2D eigenvalue weighted by molar-refractivity contribution is -0.133. The molecule has 6 nitrogen and oxygen atoms in total. The van der Waals surface area contributed by atoms with E-state index in [1.54, 1.807) is 0 Å². The van der Waals surface area contributed by atoms with Crippen LogP contribution in [-0.4, -0.2) is 45.6 Å². The van der Waals surface area contributed by atoms with Gasteiger partial charge in [-0.2, -0.15) is 0 Å². The Kier molecular flexibility index (Phi) is 39.1. The van der Waals surface area contributed by atoms with Crippen molar-refractivity contribution < 1.29 is 30.0 Å². The largest absolute Gasteiger partial charge is 0.478 e. The Morgan fingerprint density at radius 1 is 0.548 bits per heavy atom. The van der Waals surface area contributed by atoms with E-state index in [0.29, 0.717) is 0 Å².